The molecule has 4 rings (SSSR count). The van der Waals surface area contributed by atoms with E-state index in [1.165, 1.54) is 19.1 Å². The van der Waals surface area contributed by atoms with E-state index in [4.69, 9.17) is 28.0 Å². The molecule has 12 heteroatoms. The summed E-state index contributed by atoms with van der Waals surface area (Å²) >= 11 is 14.1. The molecule has 1 aromatic carbocycles. The Morgan fingerprint density at radius 1 is 1.24 bits per heavy atom. The number of fused-ring (bicyclic) bond motifs is 1. The van der Waals surface area contributed by atoms with Crippen LogP contribution in [0.25, 0.3) is 10.9 Å². The molecule has 3 N–H and O–H groups in total. The number of hydrogen-bond acceptors (Lipinski definition) is 8. The summed E-state index contributed by atoms with van der Waals surface area (Å²) in [6.45, 7) is 4.04. The Bertz CT molecular complexity index is 1180. The summed E-state index contributed by atoms with van der Waals surface area (Å²) in [5.74, 6) is 0.635. The van der Waals surface area contributed by atoms with Crippen LogP contribution in [0.4, 0.5) is 5.82 Å². The van der Waals surface area contributed by atoms with Gasteiger partial charge in [-0.15, -0.1) is 0 Å². The predicted molar refractivity (Wildman–Crippen MR) is 152 cm³/mol. The average molecular weight is 567 g/mol. The van der Waals surface area contributed by atoms with E-state index in [2.05, 4.69) is 29.6 Å². The van der Waals surface area contributed by atoms with Crippen LogP contribution in [-0.2, 0) is 11.8 Å². The van der Waals surface area contributed by atoms with Crippen molar-refractivity contribution in [2.24, 2.45) is 7.05 Å². The molecule has 0 saturated carbocycles. The third-order valence-electron chi connectivity index (χ3n) is 6.33. The van der Waals surface area contributed by atoms with Gasteiger partial charge in [-0.1, -0.05) is 23.2 Å². The van der Waals surface area contributed by atoms with E-state index >= 15 is 0 Å². The van der Waals surface area contributed by atoms with Crippen molar-refractivity contribution in [2.75, 3.05) is 31.4 Å². The van der Waals surface area contributed by atoms with Crippen molar-refractivity contribution >= 4 is 64.2 Å². The van der Waals surface area contributed by atoms with Gasteiger partial charge in [0.1, 0.15) is 12.0 Å². The molecule has 0 unspecified atom stereocenters. The van der Waals surface area contributed by atoms with Crippen LogP contribution in [-0.4, -0.2) is 63.3 Å². The Morgan fingerprint density at radius 2 is 1.97 bits per heavy atom. The number of carbonyl (C=O) groups excluding carboxylic acids is 2. The molecule has 1 saturated heterocycles. The lowest BCUT2D eigenvalue weighted by Crippen LogP contribution is -2.54. The van der Waals surface area contributed by atoms with Crippen molar-refractivity contribution in [1.29, 1.82) is 0 Å². The Labute approximate surface area is 232 Å². The van der Waals surface area contributed by atoms with Crippen LogP contribution >= 0.6 is 35.3 Å². The quantitative estimate of drug-likeness (QED) is 0.194. The standard InChI is InChI=1S/C23H29Cl2N7OS.C2H4O/c1-26-9-3-6-23(7-12-32(13-8-23)34-30-20-15-27-10-11-28-20)29-22(33)19-14-16-18(31(19)2)5-4-17(24)21(16)25;1-2-3/h4-5,10-11,14-15,26H,3,6-9,12-13H2,1-2H3,(H,28,30)(H,29,33);2H,1H3. The van der Waals surface area contributed by atoms with Crippen LogP contribution in [0.3, 0.4) is 0 Å². The summed E-state index contributed by atoms with van der Waals surface area (Å²) in [6, 6.07) is 5.48. The molecule has 2 aromatic heterocycles. The number of hydrogen-bond donors (Lipinski definition) is 3. The normalized spacial score (nSPS) is 15.1. The highest BCUT2D eigenvalue weighted by Crippen LogP contribution is 2.34. The fraction of sp³-hybridized carbons (Fsp3) is 0.440. The number of nitrogens with zero attached hydrogens (tertiary/aromatic N) is 4. The molecule has 0 radical (unpaired) electrons. The Hall–Kier alpha value is -2.37. The predicted octanol–water partition coefficient (Wildman–Crippen LogP) is 4.72. The lowest BCUT2D eigenvalue weighted by Gasteiger charge is -2.42. The molecule has 0 spiro atoms. The second kappa shape index (κ2) is 14.0. The van der Waals surface area contributed by atoms with E-state index in [0.717, 1.165) is 68.3 Å². The van der Waals surface area contributed by atoms with Gasteiger partial charge in [-0.3, -0.25) is 14.5 Å². The lowest BCUT2D eigenvalue weighted by atomic mass is 9.83. The highest BCUT2D eigenvalue weighted by Gasteiger charge is 2.36. The molecule has 1 aliphatic heterocycles. The molecule has 0 bridgehead atoms. The highest BCUT2D eigenvalue weighted by molar-refractivity contribution is 7.98. The van der Waals surface area contributed by atoms with Gasteiger partial charge in [0.2, 0.25) is 0 Å². The number of carbonyl (C=O) groups is 2. The third kappa shape index (κ3) is 7.58. The zero-order chi connectivity index (χ0) is 26.8. The van der Waals surface area contributed by atoms with Gasteiger partial charge in [-0.05, 0) is 64.4 Å². The number of piperidine rings is 1. The van der Waals surface area contributed by atoms with Crippen LogP contribution in [0, 0.1) is 0 Å². The molecule has 0 aliphatic carbocycles. The van der Waals surface area contributed by atoms with Gasteiger partial charge in [0, 0.05) is 61.1 Å². The molecule has 1 amide bonds. The minimum Gasteiger partial charge on any atom is -0.345 e. The maximum Gasteiger partial charge on any atom is 0.268 e. The van der Waals surface area contributed by atoms with Crippen molar-refractivity contribution in [2.45, 2.75) is 38.1 Å². The third-order valence-corrected chi connectivity index (χ3v) is 8.07. The topological polar surface area (TPSA) is 104 Å². The number of halogens is 2. The van der Waals surface area contributed by atoms with Crippen molar-refractivity contribution in [3.8, 4) is 0 Å². The minimum absolute atomic E-state index is 0.0888. The largest absolute Gasteiger partial charge is 0.345 e. The van der Waals surface area contributed by atoms with Crippen LogP contribution < -0.4 is 15.4 Å². The van der Waals surface area contributed by atoms with E-state index in [-0.39, 0.29) is 11.4 Å². The Kier molecular flexibility index (Phi) is 11.0. The number of benzene rings is 1. The number of aromatic nitrogens is 3. The number of amides is 1. The van der Waals surface area contributed by atoms with Crippen LogP contribution in [0.5, 0.6) is 0 Å². The van der Waals surface area contributed by atoms with Crippen molar-refractivity contribution in [3.63, 3.8) is 0 Å². The summed E-state index contributed by atoms with van der Waals surface area (Å²) in [5.41, 5.74) is 1.19. The van der Waals surface area contributed by atoms with Crippen LogP contribution in [0.15, 0.2) is 36.8 Å². The zero-order valence-electron chi connectivity index (χ0n) is 21.3. The maximum atomic E-state index is 13.5. The number of aldehydes is 1. The zero-order valence-corrected chi connectivity index (χ0v) is 23.6. The van der Waals surface area contributed by atoms with Gasteiger partial charge in [0.05, 0.1) is 16.2 Å². The molecule has 9 nitrogen and oxygen atoms in total. The van der Waals surface area contributed by atoms with Crippen molar-refractivity contribution in [3.05, 3.63) is 52.5 Å². The van der Waals surface area contributed by atoms with Gasteiger partial charge in [0.15, 0.2) is 5.82 Å². The Balaban J connectivity index is 0.00000121. The summed E-state index contributed by atoms with van der Waals surface area (Å²) < 4.78 is 7.38. The SMILES string of the molecule is CC=O.CNCCCC1(NC(=O)c2cc3c(Cl)c(Cl)ccc3n2C)CCN(SNc2cnccn2)CC1. The molecular weight excluding hydrogens is 533 g/mol. The first-order valence-corrected chi connectivity index (χ1v) is 13.6. The highest BCUT2D eigenvalue weighted by atomic mass is 35.5. The summed E-state index contributed by atoms with van der Waals surface area (Å²) in [4.78, 5) is 30.6. The van der Waals surface area contributed by atoms with Crippen molar-refractivity contribution in [1.82, 2.24) is 29.5 Å². The summed E-state index contributed by atoms with van der Waals surface area (Å²) in [6.07, 6.45) is 9.36. The van der Waals surface area contributed by atoms with Gasteiger partial charge < -0.3 is 20.0 Å². The number of rotatable bonds is 9. The first-order valence-electron chi connectivity index (χ1n) is 12.1. The average Bonchev–Trinajstić information content (AvgIpc) is 3.24. The monoisotopic (exact) mass is 565 g/mol. The van der Waals surface area contributed by atoms with Gasteiger partial charge in [0.25, 0.3) is 5.91 Å². The molecule has 1 aliphatic rings. The fourth-order valence-electron chi connectivity index (χ4n) is 4.38. The van der Waals surface area contributed by atoms with E-state index < -0.39 is 0 Å². The minimum atomic E-state index is -0.268. The van der Waals surface area contributed by atoms with E-state index in [1.807, 2.05) is 30.8 Å². The molecule has 1 fully saturated rings. The van der Waals surface area contributed by atoms with E-state index in [0.29, 0.717) is 15.7 Å². The Morgan fingerprint density at radius 3 is 2.62 bits per heavy atom. The van der Waals surface area contributed by atoms with Gasteiger partial charge >= 0.3 is 0 Å². The lowest BCUT2D eigenvalue weighted by molar-refractivity contribution is -0.106. The second-order valence-corrected chi connectivity index (χ2v) is 10.5. The van der Waals surface area contributed by atoms with Gasteiger partial charge in [-0.2, -0.15) is 0 Å². The number of nitrogens with one attached hydrogen (secondary N) is 3. The van der Waals surface area contributed by atoms with E-state index in [9.17, 15) is 4.79 Å². The van der Waals surface area contributed by atoms with Crippen LogP contribution in [0.2, 0.25) is 10.0 Å². The first-order chi connectivity index (χ1) is 17.8. The second-order valence-electron chi connectivity index (χ2n) is 8.77. The van der Waals surface area contributed by atoms with E-state index in [1.54, 1.807) is 24.7 Å². The molecule has 37 heavy (non-hydrogen) atoms. The molecule has 200 valence electrons. The van der Waals surface area contributed by atoms with Crippen LogP contribution in [0.1, 0.15) is 43.1 Å². The smallest absolute Gasteiger partial charge is 0.268 e. The number of anilines is 1. The summed E-state index contributed by atoms with van der Waals surface area (Å²) in [7, 11) is 3.83. The number of aryl methyl sites for hydroxylation is 1. The molecule has 3 aromatic rings. The fourth-order valence-corrected chi connectivity index (χ4v) is 5.45. The van der Waals surface area contributed by atoms with Gasteiger partial charge in [-0.25, -0.2) is 9.29 Å². The first kappa shape index (κ1) is 29.2. The molecule has 3 heterocycles. The van der Waals surface area contributed by atoms with Crippen molar-refractivity contribution < 1.29 is 9.59 Å². The molecule has 0 atom stereocenters. The molecular formula is C25H33Cl2N7O2S. The maximum absolute atomic E-state index is 13.5. The summed E-state index contributed by atoms with van der Waals surface area (Å²) in [5, 5.41) is 8.35.